The molecule has 0 bridgehead atoms. The Hall–Kier alpha value is -0.790. The van der Waals surface area contributed by atoms with Crippen molar-refractivity contribution in [1.29, 1.82) is 0 Å². The van der Waals surface area contributed by atoms with Crippen molar-refractivity contribution < 1.29 is 0 Å². The lowest BCUT2D eigenvalue weighted by atomic mass is 10.1. The second kappa shape index (κ2) is 6.72. The third-order valence-electron chi connectivity index (χ3n) is 2.69. The number of rotatable bonds is 6. The molecule has 16 heavy (non-hydrogen) atoms. The molecule has 1 aromatic carbocycles. The van der Waals surface area contributed by atoms with E-state index in [2.05, 4.69) is 31.8 Å². The molecule has 0 aliphatic carbocycles. The van der Waals surface area contributed by atoms with E-state index in [1.54, 1.807) is 0 Å². The molecule has 1 aromatic rings. The molecule has 0 saturated carbocycles. The lowest BCUT2D eigenvalue weighted by Crippen LogP contribution is -2.28. The van der Waals surface area contributed by atoms with Crippen LogP contribution in [0.2, 0.25) is 5.02 Å². The van der Waals surface area contributed by atoms with E-state index in [-0.39, 0.29) is 0 Å². The second-order valence-electron chi connectivity index (χ2n) is 4.21. The highest BCUT2D eigenvalue weighted by Gasteiger charge is 2.08. The second-order valence-corrected chi connectivity index (χ2v) is 4.65. The quantitative estimate of drug-likeness (QED) is 0.726. The van der Waals surface area contributed by atoms with Crippen LogP contribution in [0, 0.1) is 0 Å². The molecular weight excluding hydrogens is 218 g/mol. The summed E-state index contributed by atoms with van der Waals surface area (Å²) in [5.41, 5.74) is 1.23. The Labute approximate surface area is 104 Å². The van der Waals surface area contributed by atoms with Crippen LogP contribution in [0.1, 0.15) is 38.3 Å². The Morgan fingerprint density at radius 1 is 1.44 bits per heavy atom. The Kier molecular flexibility index (Phi) is 5.58. The number of halogens is 1. The number of hydrogen-bond donors (Lipinski definition) is 1. The van der Waals surface area contributed by atoms with Gasteiger partial charge < -0.3 is 5.32 Å². The Morgan fingerprint density at radius 3 is 2.81 bits per heavy atom. The van der Waals surface area contributed by atoms with Gasteiger partial charge in [-0.25, -0.2) is 0 Å². The molecule has 0 fully saturated rings. The van der Waals surface area contributed by atoms with Crippen LogP contribution < -0.4 is 5.32 Å². The van der Waals surface area contributed by atoms with E-state index in [1.165, 1.54) is 5.56 Å². The first-order chi connectivity index (χ1) is 7.63. The number of hydrogen-bond acceptors (Lipinski definition) is 1. The summed E-state index contributed by atoms with van der Waals surface area (Å²) in [6.07, 6.45) is 4.13. The summed E-state index contributed by atoms with van der Waals surface area (Å²) >= 11 is 5.97. The van der Waals surface area contributed by atoms with Crippen LogP contribution in [0.3, 0.4) is 0 Å². The van der Waals surface area contributed by atoms with Gasteiger partial charge in [0.05, 0.1) is 0 Å². The van der Waals surface area contributed by atoms with E-state index in [0.717, 1.165) is 17.9 Å². The molecule has 0 saturated heterocycles. The standard InChI is InChI=1S/C14H20ClN/c1-4-5-7-11(2)16-12(3)13-8-6-9-14(15)10-13/h4,6,8-12,16H,1,5,7H2,2-3H3. The molecule has 0 aliphatic heterocycles. The molecular formula is C14H20ClN. The molecule has 0 radical (unpaired) electrons. The van der Waals surface area contributed by atoms with Gasteiger partial charge in [-0.1, -0.05) is 29.8 Å². The van der Waals surface area contributed by atoms with Crippen LogP contribution in [0.15, 0.2) is 36.9 Å². The van der Waals surface area contributed by atoms with Crippen molar-refractivity contribution in [3.05, 3.63) is 47.5 Å². The average Bonchev–Trinajstić information content (AvgIpc) is 2.26. The van der Waals surface area contributed by atoms with Gasteiger partial charge >= 0.3 is 0 Å². The van der Waals surface area contributed by atoms with Crippen molar-refractivity contribution in [2.45, 2.75) is 38.8 Å². The molecule has 0 amide bonds. The zero-order valence-electron chi connectivity index (χ0n) is 10.0. The molecule has 88 valence electrons. The van der Waals surface area contributed by atoms with E-state index in [0.29, 0.717) is 12.1 Å². The fourth-order valence-electron chi connectivity index (χ4n) is 1.75. The lowest BCUT2D eigenvalue weighted by Gasteiger charge is -2.20. The summed E-state index contributed by atoms with van der Waals surface area (Å²) in [5, 5.41) is 4.35. The third kappa shape index (κ3) is 4.38. The average molecular weight is 238 g/mol. The summed E-state index contributed by atoms with van der Waals surface area (Å²) in [7, 11) is 0. The molecule has 1 N–H and O–H groups in total. The summed E-state index contributed by atoms with van der Waals surface area (Å²) in [6.45, 7) is 8.10. The van der Waals surface area contributed by atoms with E-state index >= 15 is 0 Å². The van der Waals surface area contributed by atoms with Crippen molar-refractivity contribution in [2.24, 2.45) is 0 Å². The van der Waals surface area contributed by atoms with Gasteiger partial charge in [-0.05, 0) is 44.4 Å². The maximum Gasteiger partial charge on any atom is 0.0409 e. The largest absolute Gasteiger partial charge is 0.308 e. The van der Waals surface area contributed by atoms with Gasteiger partial charge in [0.15, 0.2) is 0 Å². The first kappa shape index (κ1) is 13.3. The van der Waals surface area contributed by atoms with Gasteiger partial charge in [0, 0.05) is 17.1 Å². The molecule has 2 atom stereocenters. The molecule has 0 aliphatic rings. The van der Waals surface area contributed by atoms with Crippen LogP contribution in [0.25, 0.3) is 0 Å². The number of allylic oxidation sites excluding steroid dienone is 1. The fraction of sp³-hybridized carbons (Fsp3) is 0.429. The zero-order chi connectivity index (χ0) is 12.0. The molecule has 1 rings (SSSR count). The van der Waals surface area contributed by atoms with Gasteiger partial charge in [-0.15, -0.1) is 6.58 Å². The van der Waals surface area contributed by atoms with E-state index in [4.69, 9.17) is 11.6 Å². The van der Waals surface area contributed by atoms with Gasteiger partial charge in [-0.2, -0.15) is 0 Å². The predicted octanol–water partition coefficient (Wildman–Crippen LogP) is 4.35. The molecule has 1 nitrogen and oxygen atoms in total. The van der Waals surface area contributed by atoms with Crippen molar-refractivity contribution in [2.75, 3.05) is 0 Å². The maximum atomic E-state index is 5.97. The van der Waals surface area contributed by atoms with Crippen LogP contribution in [-0.4, -0.2) is 6.04 Å². The Morgan fingerprint density at radius 2 is 2.19 bits per heavy atom. The monoisotopic (exact) mass is 237 g/mol. The first-order valence-electron chi connectivity index (χ1n) is 5.76. The topological polar surface area (TPSA) is 12.0 Å². The van der Waals surface area contributed by atoms with Gasteiger partial charge in [0.25, 0.3) is 0 Å². The van der Waals surface area contributed by atoms with Gasteiger partial charge in [0.2, 0.25) is 0 Å². The van der Waals surface area contributed by atoms with Crippen LogP contribution in [0.5, 0.6) is 0 Å². The SMILES string of the molecule is C=CCCC(C)NC(C)c1cccc(Cl)c1. The molecule has 0 heterocycles. The lowest BCUT2D eigenvalue weighted by molar-refractivity contribution is 0.459. The minimum atomic E-state index is 0.332. The van der Waals surface area contributed by atoms with Crippen LogP contribution in [-0.2, 0) is 0 Å². The summed E-state index contributed by atoms with van der Waals surface area (Å²) in [4.78, 5) is 0. The summed E-state index contributed by atoms with van der Waals surface area (Å²) in [6, 6.07) is 8.83. The summed E-state index contributed by atoms with van der Waals surface area (Å²) < 4.78 is 0. The normalized spacial score (nSPS) is 14.4. The number of nitrogens with one attached hydrogen (secondary N) is 1. The van der Waals surface area contributed by atoms with E-state index < -0.39 is 0 Å². The Balaban J connectivity index is 2.51. The van der Waals surface area contributed by atoms with Crippen LogP contribution in [0.4, 0.5) is 0 Å². The third-order valence-corrected chi connectivity index (χ3v) is 2.92. The number of benzene rings is 1. The van der Waals surface area contributed by atoms with Gasteiger partial charge in [0.1, 0.15) is 0 Å². The molecule has 0 aromatic heterocycles. The zero-order valence-corrected chi connectivity index (χ0v) is 10.8. The van der Waals surface area contributed by atoms with Crippen molar-refractivity contribution in [3.63, 3.8) is 0 Å². The van der Waals surface area contributed by atoms with Crippen LogP contribution >= 0.6 is 11.6 Å². The van der Waals surface area contributed by atoms with Crippen molar-refractivity contribution in [1.82, 2.24) is 5.32 Å². The molecule has 2 unspecified atom stereocenters. The maximum absolute atomic E-state index is 5.97. The minimum absolute atomic E-state index is 0.332. The smallest absolute Gasteiger partial charge is 0.0409 e. The predicted molar refractivity (Wildman–Crippen MR) is 71.9 cm³/mol. The highest BCUT2D eigenvalue weighted by molar-refractivity contribution is 6.30. The van der Waals surface area contributed by atoms with Crippen molar-refractivity contribution in [3.8, 4) is 0 Å². The van der Waals surface area contributed by atoms with E-state index in [1.807, 2.05) is 24.3 Å². The van der Waals surface area contributed by atoms with Gasteiger partial charge in [-0.3, -0.25) is 0 Å². The highest BCUT2D eigenvalue weighted by atomic mass is 35.5. The van der Waals surface area contributed by atoms with Crippen molar-refractivity contribution >= 4 is 11.6 Å². The minimum Gasteiger partial charge on any atom is -0.308 e. The highest BCUT2D eigenvalue weighted by Crippen LogP contribution is 2.18. The fourth-order valence-corrected chi connectivity index (χ4v) is 1.95. The van der Waals surface area contributed by atoms with E-state index in [9.17, 15) is 0 Å². The Bertz CT molecular complexity index is 335. The first-order valence-corrected chi connectivity index (χ1v) is 6.13. The molecule has 0 spiro atoms. The molecule has 2 heteroatoms. The summed E-state index contributed by atoms with van der Waals surface area (Å²) in [5.74, 6) is 0.